The number of rotatable bonds is 5. The fourth-order valence-corrected chi connectivity index (χ4v) is 1.78. The number of nitrogens with zero attached hydrogens (tertiary/aromatic N) is 2. The second-order valence-corrected chi connectivity index (χ2v) is 4.32. The van der Waals surface area contributed by atoms with Crippen molar-refractivity contribution < 1.29 is 8.78 Å². The van der Waals surface area contributed by atoms with E-state index in [0.717, 1.165) is 12.6 Å². The molecule has 0 saturated heterocycles. The van der Waals surface area contributed by atoms with Gasteiger partial charge in [-0.15, -0.1) is 0 Å². The van der Waals surface area contributed by atoms with Crippen LogP contribution in [0.15, 0.2) is 36.9 Å². The third-order valence-electron chi connectivity index (χ3n) is 2.62. The van der Waals surface area contributed by atoms with Gasteiger partial charge in [0.2, 0.25) is 0 Å². The Labute approximate surface area is 104 Å². The number of halogens is 2. The second-order valence-electron chi connectivity index (χ2n) is 4.32. The molecule has 5 heteroatoms. The Hall–Kier alpha value is -1.75. The van der Waals surface area contributed by atoms with Gasteiger partial charge in [-0.1, -0.05) is 0 Å². The van der Waals surface area contributed by atoms with Crippen LogP contribution in [0.1, 0.15) is 12.5 Å². The van der Waals surface area contributed by atoms with Crippen molar-refractivity contribution in [2.45, 2.75) is 26.1 Å². The monoisotopic (exact) mass is 251 g/mol. The highest BCUT2D eigenvalue weighted by molar-refractivity contribution is 5.17. The zero-order chi connectivity index (χ0) is 13.0. The summed E-state index contributed by atoms with van der Waals surface area (Å²) < 4.78 is 27.9. The van der Waals surface area contributed by atoms with E-state index in [1.165, 1.54) is 12.1 Å². The van der Waals surface area contributed by atoms with Crippen LogP contribution in [-0.2, 0) is 13.1 Å². The molecule has 0 fully saturated rings. The number of hydrogen-bond donors (Lipinski definition) is 1. The third kappa shape index (κ3) is 3.63. The first-order chi connectivity index (χ1) is 8.63. The summed E-state index contributed by atoms with van der Waals surface area (Å²) in [7, 11) is 0. The zero-order valence-electron chi connectivity index (χ0n) is 10.1. The van der Waals surface area contributed by atoms with Crippen molar-refractivity contribution in [3.63, 3.8) is 0 Å². The maximum absolute atomic E-state index is 13.0. The van der Waals surface area contributed by atoms with Crippen LogP contribution in [0.2, 0.25) is 0 Å². The highest BCUT2D eigenvalue weighted by Gasteiger charge is 2.04. The fourth-order valence-electron chi connectivity index (χ4n) is 1.78. The predicted octanol–water partition coefficient (Wildman–Crippen LogP) is 2.34. The van der Waals surface area contributed by atoms with Gasteiger partial charge in [0.15, 0.2) is 0 Å². The average molecular weight is 251 g/mol. The van der Waals surface area contributed by atoms with E-state index in [2.05, 4.69) is 10.3 Å². The van der Waals surface area contributed by atoms with Gasteiger partial charge in [-0.25, -0.2) is 13.8 Å². The van der Waals surface area contributed by atoms with Crippen molar-refractivity contribution in [3.05, 3.63) is 54.1 Å². The molecule has 3 nitrogen and oxygen atoms in total. The van der Waals surface area contributed by atoms with Crippen molar-refractivity contribution >= 4 is 0 Å². The van der Waals surface area contributed by atoms with Crippen molar-refractivity contribution in [1.29, 1.82) is 0 Å². The molecule has 0 aliphatic rings. The largest absolute Gasteiger partial charge is 0.336 e. The Kier molecular flexibility index (Phi) is 4.04. The van der Waals surface area contributed by atoms with Gasteiger partial charge in [0.05, 0.1) is 6.33 Å². The van der Waals surface area contributed by atoms with Crippen molar-refractivity contribution in [3.8, 4) is 0 Å². The molecule has 0 unspecified atom stereocenters. The van der Waals surface area contributed by atoms with Gasteiger partial charge < -0.3 is 9.88 Å². The van der Waals surface area contributed by atoms with Crippen molar-refractivity contribution in [2.75, 3.05) is 0 Å². The minimum absolute atomic E-state index is 0.186. The van der Waals surface area contributed by atoms with Gasteiger partial charge >= 0.3 is 0 Å². The highest BCUT2D eigenvalue weighted by atomic mass is 19.1. The number of hydrogen-bond acceptors (Lipinski definition) is 2. The Morgan fingerprint density at radius 2 is 2.00 bits per heavy atom. The number of benzene rings is 1. The molecule has 1 atom stereocenters. The van der Waals surface area contributed by atoms with Crippen LogP contribution in [0.3, 0.4) is 0 Å². The molecule has 0 spiro atoms. The third-order valence-corrected chi connectivity index (χ3v) is 2.62. The maximum Gasteiger partial charge on any atom is 0.126 e. The van der Waals surface area contributed by atoms with Crippen LogP contribution >= 0.6 is 0 Å². The maximum atomic E-state index is 13.0. The molecule has 0 aliphatic carbocycles. The number of aromatic nitrogens is 2. The summed E-state index contributed by atoms with van der Waals surface area (Å²) in [4.78, 5) is 3.95. The Bertz CT molecular complexity index is 477. The Morgan fingerprint density at radius 1 is 1.28 bits per heavy atom. The van der Waals surface area contributed by atoms with Crippen molar-refractivity contribution in [1.82, 2.24) is 14.9 Å². The molecular formula is C13H15F2N3. The Balaban J connectivity index is 1.87. The summed E-state index contributed by atoms with van der Waals surface area (Å²) in [6.07, 6.45) is 5.33. The summed E-state index contributed by atoms with van der Waals surface area (Å²) in [5.74, 6) is -1.09. The van der Waals surface area contributed by atoms with E-state index < -0.39 is 11.6 Å². The first-order valence-electron chi connectivity index (χ1n) is 5.77. The van der Waals surface area contributed by atoms with Crippen molar-refractivity contribution in [2.24, 2.45) is 0 Å². The quantitative estimate of drug-likeness (QED) is 0.884. The number of imidazole rings is 1. The smallest absolute Gasteiger partial charge is 0.126 e. The van der Waals surface area contributed by atoms with Gasteiger partial charge in [-0.3, -0.25) is 0 Å². The van der Waals surface area contributed by atoms with E-state index in [4.69, 9.17) is 0 Å². The molecule has 2 aromatic rings. The lowest BCUT2D eigenvalue weighted by Gasteiger charge is -2.14. The summed E-state index contributed by atoms with van der Waals surface area (Å²) in [6, 6.07) is 3.73. The molecule has 1 aromatic carbocycles. The van der Waals surface area contributed by atoms with Crippen LogP contribution in [0.4, 0.5) is 8.78 Å². The molecule has 0 radical (unpaired) electrons. The zero-order valence-corrected chi connectivity index (χ0v) is 10.1. The standard InChI is InChI=1S/C13H15F2N3/c1-10(8-18-3-2-16-9-18)17-7-11-4-12(14)6-13(15)5-11/h2-6,9-10,17H,7-8H2,1H3/t10-/m0/s1. The topological polar surface area (TPSA) is 29.9 Å². The van der Waals surface area contributed by atoms with E-state index in [1.54, 1.807) is 12.5 Å². The van der Waals surface area contributed by atoms with Gasteiger partial charge in [0, 0.05) is 37.6 Å². The lowest BCUT2D eigenvalue weighted by atomic mass is 10.2. The van der Waals surface area contributed by atoms with Crippen LogP contribution in [0.5, 0.6) is 0 Å². The molecule has 0 saturated carbocycles. The molecule has 0 aliphatic heterocycles. The predicted molar refractivity (Wildman–Crippen MR) is 64.9 cm³/mol. The molecule has 0 bridgehead atoms. The lowest BCUT2D eigenvalue weighted by molar-refractivity contribution is 0.474. The van der Waals surface area contributed by atoms with E-state index in [0.29, 0.717) is 12.1 Å². The molecule has 1 aromatic heterocycles. The van der Waals surface area contributed by atoms with Crippen LogP contribution in [-0.4, -0.2) is 15.6 Å². The summed E-state index contributed by atoms with van der Waals surface area (Å²) >= 11 is 0. The highest BCUT2D eigenvalue weighted by Crippen LogP contribution is 2.08. The van der Waals surface area contributed by atoms with Crippen LogP contribution < -0.4 is 5.32 Å². The molecule has 18 heavy (non-hydrogen) atoms. The average Bonchev–Trinajstić information content (AvgIpc) is 2.78. The minimum Gasteiger partial charge on any atom is -0.336 e. The normalized spacial score (nSPS) is 12.6. The minimum atomic E-state index is -0.547. The van der Waals surface area contributed by atoms with Gasteiger partial charge in [0.25, 0.3) is 0 Å². The van der Waals surface area contributed by atoms with E-state index in [1.807, 2.05) is 17.7 Å². The first kappa shape index (κ1) is 12.7. The van der Waals surface area contributed by atoms with E-state index in [-0.39, 0.29) is 6.04 Å². The van der Waals surface area contributed by atoms with Gasteiger partial charge in [0.1, 0.15) is 11.6 Å². The Morgan fingerprint density at radius 3 is 2.61 bits per heavy atom. The second kappa shape index (κ2) is 5.73. The summed E-state index contributed by atoms with van der Waals surface area (Å²) in [6.45, 7) is 3.21. The molecule has 2 rings (SSSR count). The van der Waals surface area contributed by atoms with E-state index >= 15 is 0 Å². The fraction of sp³-hybridized carbons (Fsp3) is 0.308. The molecule has 0 amide bonds. The molecular weight excluding hydrogens is 236 g/mol. The molecule has 1 heterocycles. The van der Waals surface area contributed by atoms with E-state index in [9.17, 15) is 8.78 Å². The summed E-state index contributed by atoms with van der Waals surface area (Å²) in [5, 5.41) is 3.21. The molecule has 96 valence electrons. The number of nitrogens with one attached hydrogen (secondary N) is 1. The molecule has 1 N–H and O–H groups in total. The SMILES string of the molecule is C[C@@H](Cn1ccnc1)NCc1cc(F)cc(F)c1. The van der Waals surface area contributed by atoms with Crippen LogP contribution in [0, 0.1) is 11.6 Å². The van der Waals surface area contributed by atoms with Crippen LogP contribution in [0.25, 0.3) is 0 Å². The first-order valence-corrected chi connectivity index (χ1v) is 5.77. The van der Waals surface area contributed by atoms with Gasteiger partial charge in [-0.2, -0.15) is 0 Å². The lowest BCUT2D eigenvalue weighted by Crippen LogP contribution is -2.29. The summed E-state index contributed by atoms with van der Waals surface area (Å²) in [5.41, 5.74) is 0.602. The van der Waals surface area contributed by atoms with Gasteiger partial charge in [-0.05, 0) is 24.6 Å².